The fourth-order valence-electron chi connectivity index (χ4n) is 11.7. The molecule has 6 aliphatic rings. The van der Waals surface area contributed by atoms with Crippen molar-refractivity contribution in [2.24, 2.45) is 50.2 Å². The quantitative estimate of drug-likeness (QED) is 0.271. The Hall–Kier alpha value is -0.450. The third kappa shape index (κ3) is 3.60. The minimum atomic E-state index is -0.156. The minimum absolute atomic E-state index is 0.0126. The molecule has 1 saturated heterocycles. The number of hydrogen-bond acceptors (Lipinski definition) is 3. The first-order chi connectivity index (χ1) is 17.7. The van der Waals surface area contributed by atoms with Crippen molar-refractivity contribution in [3.8, 4) is 0 Å². The van der Waals surface area contributed by atoms with Gasteiger partial charge in [-0.05, 0) is 109 Å². The highest BCUT2D eigenvalue weighted by atomic mass is 32.1. The normalized spacial score (nSPS) is 49.6. The second-order valence-corrected chi connectivity index (χ2v) is 17.0. The average Bonchev–Trinajstić information content (AvgIpc) is 2.87. The molecule has 1 N–H and O–H groups in total. The highest BCUT2D eigenvalue weighted by Gasteiger charge is 2.68. The van der Waals surface area contributed by atoms with Gasteiger partial charge < -0.3 is 14.7 Å². The van der Waals surface area contributed by atoms with Crippen LogP contribution in [0.25, 0.3) is 0 Å². The molecular formula is C34H55NO2S. The van der Waals surface area contributed by atoms with Crippen LogP contribution < -0.4 is 0 Å². The zero-order valence-electron chi connectivity index (χ0n) is 25.5. The van der Waals surface area contributed by atoms with Crippen LogP contribution >= 0.6 is 12.2 Å². The molecule has 38 heavy (non-hydrogen) atoms. The SMILES string of the molecule is CC1(C)CC[C@]2(C(=S)N3CCOCC3)CC[C@]3(C)C(=CC[C@@H]4[C@@]5(C)CC[C@H](O)C(C)(C)[C@@H]5CC[C@]43C)[C@@H]2C1. The maximum atomic E-state index is 11.0. The molecule has 0 aromatic heterocycles. The first kappa shape index (κ1) is 27.7. The number of ether oxygens (including phenoxy) is 1. The summed E-state index contributed by atoms with van der Waals surface area (Å²) in [6.45, 7) is 21.3. The maximum absolute atomic E-state index is 11.0. The highest BCUT2D eigenvalue weighted by molar-refractivity contribution is 7.80. The van der Waals surface area contributed by atoms with Crippen LogP contribution in [0.5, 0.6) is 0 Å². The summed E-state index contributed by atoms with van der Waals surface area (Å²) in [5.74, 6) is 1.89. The zero-order valence-corrected chi connectivity index (χ0v) is 26.3. The van der Waals surface area contributed by atoms with Gasteiger partial charge in [-0.3, -0.25) is 0 Å². The Balaban J connectivity index is 1.41. The molecule has 8 atom stereocenters. The Morgan fingerprint density at radius 1 is 0.895 bits per heavy atom. The van der Waals surface area contributed by atoms with Gasteiger partial charge in [0.15, 0.2) is 0 Å². The first-order valence-electron chi connectivity index (χ1n) is 16.0. The van der Waals surface area contributed by atoms with Crippen LogP contribution in [-0.4, -0.2) is 47.4 Å². The topological polar surface area (TPSA) is 32.7 Å². The number of fused-ring (bicyclic) bond motifs is 7. The molecule has 4 saturated carbocycles. The summed E-state index contributed by atoms with van der Waals surface area (Å²) in [5.41, 5.74) is 3.20. The molecule has 0 bridgehead atoms. The second kappa shape index (κ2) is 8.78. The van der Waals surface area contributed by atoms with Crippen LogP contribution in [0.1, 0.15) is 113 Å². The molecule has 214 valence electrons. The van der Waals surface area contributed by atoms with E-state index in [0.717, 1.165) is 32.7 Å². The van der Waals surface area contributed by atoms with Crippen LogP contribution in [0.4, 0.5) is 0 Å². The van der Waals surface area contributed by atoms with Gasteiger partial charge in [0.1, 0.15) is 0 Å². The average molecular weight is 542 g/mol. The van der Waals surface area contributed by atoms with Crippen molar-refractivity contribution < 1.29 is 9.84 Å². The van der Waals surface area contributed by atoms with Gasteiger partial charge in [-0.1, -0.05) is 72.3 Å². The minimum Gasteiger partial charge on any atom is -0.393 e. The monoisotopic (exact) mass is 541 g/mol. The number of aliphatic hydroxyl groups is 1. The predicted molar refractivity (Wildman–Crippen MR) is 160 cm³/mol. The lowest BCUT2D eigenvalue weighted by Crippen LogP contribution is -2.65. The molecule has 0 unspecified atom stereocenters. The van der Waals surface area contributed by atoms with Crippen LogP contribution in [0.3, 0.4) is 0 Å². The third-order valence-electron chi connectivity index (χ3n) is 14.3. The molecule has 1 heterocycles. The van der Waals surface area contributed by atoms with E-state index in [9.17, 15) is 5.11 Å². The van der Waals surface area contributed by atoms with E-state index in [-0.39, 0.29) is 22.3 Å². The fraction of sp³-hybridized carbons (Fsp3) is 0.912. The lowest BCUT2D eigenvalue weighted by atomic mass is 9.33. The number of allylic oxidation sites excluding steroid dienone is 2. The number of morpholine rings is 1. The van der Waals surface area contributed by atoms with Crippen LogP contribution in [0, 0.1) is 50.2 Å². The van der Waals surface area contributed by atoms with E-state index in [1.807, 2.05) is 0 Å². The van der Waals surface area contributed by atoms with Gasteiger partial charge in [0, 0.05) is 18.5 Å². The van der Waals surface area contributed by atoms with Gasteiger partial charge >= 0.3 is 0 Å². The molecule has 0 aromatic rings. The summed E-state index contributed by atoms with van der Waals surface area (Å²) in [4.78, 5) is 3.80. The Morgan fingerprint density at radius 2 is 1.58 bits per heavy atom. The molecule has 3 nitrogen and oxygen atoms in total. The summed E-state index contributed by atoms with van der Waals surface area (Å²) in [6, 6.07) is 0. The number of thiocarbonyl (C=S) groups is 1. The molecular weight excluding hydrogens is 486 g/mol. The van der Waals surface area contributed by atoms with Gasteiger partial charge in [0.05, 0.1) is 24.3 Å². The molecule has 1 aliphatic heterocycles. The van der Waals surface area contributed by atoms with Crippen molar-refractivity contribution >= 4 is 17.2 Å². The largest absolute Gasteiger partial charge is 0.393 e. The third-order valence-corrected chi connectivity index (χ3v) is 15.0. The van der Waals surface area contributed by atoms with E-state index >= 15 is 0 Å². The highest BCUT2D eigenvalue weighted by Crippen LogP contribution is 2.75. The van der Waals surface area contributed by atoms with Crippen LogP contribution in [0.15, 0.2) is 11.6 Å². The Kier molecular flexibility index (Phi) is 6.40. The molecule has 0 radical (unpaired) electrons. The summed E-state index contributed by atoms with van der Waals surface area (Å²) in [6.07, 6.45) is 14.9. The van der Waals surface area contributed by atoms with Crippen LogP contribution in [0.2, 0.25) is 0 Å². The summed E-state index contributed by atoms with van der Waals surface area (Å²) in [5, 5.41) is 11.0. The smallest absolute Gasteiger partial charge is 0.0849 e. The van der Waals surface area contributed by atoms with E-state index < -0.39 is 0 Å². The second-order valence-electron chi connectivity index (χ2n) is 16.7. The predicted octanol–water partition coefficient (Wildman–Crippen LogP) is 7.81. The van der Waals surface area contributed by atoms with E-state index in [2.05, 4.69) is 59.4 Å². The lowest BCUT2D eigenvalue weighted by Gasteiger charge is -2.71. The van der Waals surface area contributed by atoms with Crippen molar-refractivity contribution in [3.63, 3.8) is 0 Å². The molecule has 6 rings (SSSR count). The summed E-state index contributed by atoms with van der Waals surface area (Å²) < 4.78 is 5.72. The van der Waals surface area contributed by atoms with Gasteiger partial charge in [0.2, 0.25) is 0 Å². The fourth-order valence-corrected chi connectivity index (χ4v) is 12.2. The van der Waals surface area contributed by atoms with Gasteiger partial charge in [0.25, 0.3) is 0 Å². The standard InChI is InChI=1S/C34H55NO2S/c1-29(2)14-16-34(28(38)35-18-20-37-21-19-35)17-15-32(6)23(24(34)22-29)8-9-26-31(5)12-11-27(36)30(3,4)25(31)10-13-33(26,32)7/h8,24-27,36H,9-22H2,1-7H3/t24-,25-,26+,27-,31-,32+,33+,34-/m0/s1. The van der Waals surface area contributed by atoms with Crippen molar-refractivity contribution in [1.29, 1.82) is 0 Å². The number of hydrogen-bond donors (Lipinski definition) is 1. The van der Waals surface area contributed by atoms with E-state index in [0.29, 0.717) is 34.0 Å². The number of rotatable bonds is 1. The zero-order chi connectivity index (χ0) is 27.4. The Bertz CT molecular complexity index is 1010. The number of nitrogens with zero attached hydrogens (tertiary/aromatic N) is 1. The Morgan fingerprint density at radius 3 is 2.29 bits per heavy atom. The van der Waals surface area contributed by atoms with Crippen molar-refractivity contribution in [1.82, 2.24) is 4.90 Å². The number of aliphatic hydroxyl groups excluding tert-OH is 1. The Labute approximate surface area is 238 Å². The summed E-state index contributed by atoms with van der Waals surface area (Å²) >= 11 is 6.48. The summed E-state index contributed by atoms with van der Waals surface area (Å²) in [7, 11) is 0. The van der Waals surface area contributed by atoms with Gasteiger partial charge in [-0.2, -0.15) is 0 Å². The lowest BCUT2D eigenvalue weighted by molar-refractivity contribution is -0.201. The molecule has 5 aliphatic carbocycles. The van der Waals surface area contributed by atoms with Crippen LogP contribution in [-0.2, 0) is 4.74 Å². The molecule has 5 fully saturated rings. The first-order valence-corrected chi connectivity index (χ1v) is 16.4. The van der Waals surface area contributed by atoms with Crippen molar-refractivity contribution in [3.05, 3.63) is 11.6 Å². The van der Waals surface area contributed by atoms with E-state index in [4.69, 9.17) is 17.0 Å². The van der Waals surface area contributed by atoms with Crippen molar-refractivity contribution in [2.45, 2.75) is 119 Å². The van der Waals surface area contributed by atoms with Gasteiger partial charge in [-0.25, -0.2) is 0 Å². The molecule has 4 heteroatoms. The maximum Gasteiger partial charge on any atom is 0.0849 e. The van der Waals surface area contributed by atoms with E-state index in [1.165, 1.54) is 62.8 Å². The van der Waals surface area contributed by atoms with Gasteiger partial charge in [-0.15, -0.1) is 0 Å². The van der Waals surface area contributed by atoms with Crippen molar-refractivity contribution in [2.75, 3.05) is 26.3 Å². The molecule has 0 spiro atoms. The van der Waals surface area contributed by atoms with E-state index in [1.54, 1.807) is 5.57 Å². The molecule has 0 aromatic carbocycles. The molecule has 0 amide bonds.